The molecule has 1 aromatic heterocycles. The van der Waals surface area contributed by atoms with Crippen molar-refractivity contribution in [3.63, 3.8) is 0 Å². The second kappa shape index (κ2) is 10.2. The van der Waals surface area contributed by atoms with Crippen LogP contribution in [0.25, 0.3) is 11.0 Å². The van der Waals surface area contributed by atoms with Gasteiger partial charge in [-0.3, -0.25) is 24.0 Å². The van der Waals surface area contributed by atoms with E-state index < -0.39 is 17.6 Å². The van der Waals surface area contributed by atoms with Gasteiger partial charge in [-0.1, -0.05) is 6.07 Å². The van der Waals surface area contributed by atoms with Gasteiger partial charge in [0.1, 0.15) is 11.6 Å². The maximum Gasteiger partial charge on any atom is 0.410 e. The molecule has 3 saturated heterocycles. The summed E-state index contributed by atoms with van der Waals surface area (Å²) in [4.78, 5) is 53.8. The summed E-state index contributed by atoms with van der Waals surface area (Å²) in [5, 5.41) is 2.36. The first kappa shape index (κ1) is 26.5. The lowest BCUT2D eigenvalue weighted by Crippen LogP contribution is -2.44. The van der Waals surface area contributed by atoms with Gasteiger partial charge < -0.3 is 14.5 Å². The van der Waals surface area contributed by atoms with Crippen molar-refractivity contribution in [2.75, 3.05) is 32.7 Å². The van der Waals surface area contributed by atoms with Crippen LogP contribution in [0.5, 0.6) is 0 Å². The fourth-order valence-electron chi connectivity index (χ4n) is 6.15. The SMILES string of the molecule is Cn1c(=O)n(C2CCC(=O)NC2=O)c2ccc(C3CCN(CC4CCN(C(=O)OC(C)(C)C)C4)CC3)cc21. The van der Waals surface area contributed by atoms with Gasteiger partial charge in [0.15, 0.2) is 0 Å². The van der Waals surface area contributed by atoms with Crippen molar-refractivity contribution < 1.29 is 19.1 Å². The molecule has 2 unspecified atom stereocenters. The number of nitrogens with zero attached hydrogens (tertiary/aromatic N) is 4. The summed E-state index contributed by atoms with van der Waals surface area (Å²) in [6.07, 6.45) is 3.44. The van der Waals surface area contributed by atoms with Crippen LogP contribution in [0.4, 0.5) is 4.79 Å². The van der Waals surface area contributed by atoms with Crippen LogP contribution in [0.15, 0.2) is 23.0 Å². The molecule has 0 bridgehead atoms. The van der Waals surface area contributed by atoms with Gasteiger partial charge in [0.05, 0.1) is 11.0 Å². The van der Waals surface area contributed by atoms with Crippen LogP contribution >= 0.6 is 0 Å². The maximum absolute atomic E-state index is 13.1. The van der Waals surface area contributed by atoms with Gasteiger partial charge in [-0.15, -0.1) is 0 Å². The van der Waals surface area contributed by atoms with Gasteiger partial charge in [-0.05, 0) is 89.1 Å². The largest absolute Gasteiger partial charge is 0.444 e. The summed E-state index contributed by atoms with van der Waals surface area (Å²) in [5.74, 6) is 0.175. The smallest absolute Gasteiger partial charge is 0.410 e. The van der Waals surface area contributed by atoms with Crippen LogP contribution in [0.3, 0.4) is 0 Å². The number of aryl methyl sites for hydroxylation is 1. The van der Waals surface area contributed by atoms with Gasteiger partial charge in [-0.2, -0.15) is 0 Å². The average molecular weight is 526 g/mol. The zero-order chi connectivity index (χ0) is 27.2. The Bertz CT molecular complexity index is 1300. The van der Waals surface area contributed by atoms with E-state index in [1.54, 1.807) is 11.6 Å². The van der Waals surface area contributed by atoms with E-state index in [0.717, 1.165) is 63.0 Å². The fourth-order valence-corrected chi connectivity index (χ4v) is 6.15. The first-order valence-electron chi connectivity index (χ1n) is 13.7. The van der Waals surface area contributed by atoms with Gasteiger partial charge >= 0.3 is 11.8 Å². The number of piperidine rings is 2. The zero-order valence-corrected chi connectivity index (χ0v) is 22.9. The molecule has 10 nitrogen and oxygen atoms in total. The maximum atomic E-state index is 13.1. The molecule has 206 valence electrons. The van der Waals surface area contributed by atoms with Gasteiger partial charge in [0.25, 0.3) is 0 Å². The minimum Gasteiger partial charge on any atom is -0.444 e. The van der Waals surface area contributed by atoms with E-state index in [4.69, 9.17) is 4.74 Å². The number of imide groups is 1. The van der Waals surface area contributed by atoms with Crippen molar-refractivity contribution in [1.29, 1.82) is 0 Å². The first-order chi connectivity index (χ1) is 18.0. The van der Waals surface area contributed by atoms with Crippen molar-refractivity contribution in [2.24, 2.45) is 13.0 Å². The summed E-state index contributed by atoms with van der Waals surface area (Å²) >= 11 is 0. The number of hydrogen-bond acceptors (Lipinski definition) is 6. The number of aromatic nitrogens is 2. The Morgan fingerprint density at radius 1 is 1.03 bits per heavy atom. The highest BCUT2D eigenvalue weighted by molar-refractivity contribution is 6.00. The molecular formula is C28H39N5O5. The Morgan fingerprint density at radius 2 is 1.76 bits per heavy atom. The third-order valence-electron chi connectivity index (χ3n) is 8.15. The number of rotatable bonds is 4. The molecule has 2 aromatic rings. The molecule has 1 N–H and O–H groups in total. The van der Waals surface area contributed by atoms with E-state index in [0.29, 0.717) is 18.3 Å². The molecule has 10 heteroatoms. The van der Waals surface area contributed by atoms with Crippen molar-refractivity contribution in [2.45, 2.75) is 70.4 Å². The predicted molar refractivity (Wildman–Crippen MR) is 143 cm³/mol. The normalized spacial score (nSPS) is 23.7. The molecule has 0 spiro atoms. The lowest BCUT2D eigenvalue weighted by atomic mass is 9.88. The van der Waals surface area contributed by atoms with Crippen molar-refractivity contribution in [1.82, 2.24) is 24.3 Å². The van der Waals surface area contributed by atoms with E-state index in [2.05, 4.69) is 22.3 Å². The molecule has 2 atom stereocenters. The molecule has 0 aliphatic carbocycles. The fraction of sp³-hybridized carbons (Fsp3) is 0.643. The van der Waals surface area contributed by atoms with Crippen molar-refractivity contribution in [3.05, 3.63) is 34.2 Å². The molecule has 0 saturated carbocycles. The molecule has 3 amide bonds. The molecular weight excluding hydrogens is 486 g/mol. The van der Waals surface area contributed by atoms with Crippen LogP contribution in [0.2, 0.25) is 0 Å². The van der Waals surface area contributed by atoms with Crippen LogP contribution in [0, 0.1) is 5.92 Å². The Balaban J connectivity index is 1.20. The minimum absolute atomic E-state index is 0.213. The Kier molecular flexibility index (Phi) is 7.11. The highest BCUT2D eigenvalue weighted by Gasteiger charge is 2.33. The van der Waals surface area contributed by atoms with Crippen LogP contribution < -0.4 is 11.0 Å². The first-order valence-corrected chi connectivity index (χ1v) is 13.7. The second-order valence-corrected chi connectivity index (χ2v) is 12.1. The van der Waals surface area contributed by atoms with Crippen LogP contribution in [0.1, 0.15) is 70.4 Å². The monoisotopic (exact) mass is 525 g/mol. The molecule has 5 rings (SSSR count). The highest BCUT2D eigenvalue weighted by Crippen LogP contribution is 2.32. The standard InChI is InChI=1S/C28H39N5O5/c1-28(2,3)38-27(37)32-14-9-18(17-32)16-31-12-10-19(11-13-31)20-5-6-21-23(15-20)30(4)26(36)33(21)22-7-8-24(34)29-25(22)35/h5-6,15,18-19,22H,7-14,16-17H2,1-4H3,(H,29,34,35). The number of imidazole rings is 1. The van der Waals surface area contributed by atoms with E-state index in [1.807, 2.05) is 31.7 Å². The van der Waals surface area contributed by atoms with E-state index in [9.17, 15) is 19.2 Å². The quantitative estimate of drug-likeness (QED) is 0.616. The summed E-state index contributed by atoms with van der Waals surface area (Å²) in [6.45, 7) is 10.2. The molecule has 4 heterocycles. The van der Waals surface area contributed by atoms with Crippen LogP contribution in [-0.2, 0) is 21.4 Å². The third-order valence-corrected chi connectivity index (χ3v) is 8.15. The molecule has 0 radical (unpaired) electrons. The van der Waals surface area contributed by atoms with E-state index in [-0.39, 0.29) is 24.1 Å². The van der Waals surface area contributed by atoms with Gasteiger partial charge in [0.2, 0.25) is 11.8 Å². The number of carbonyl (C=O) groups excluding carboxylic acids is 3. The molecule has 3 fully saturated rings. The molecule has 3 aliphatic heterocycles. The molecule has 38 heavy (non-hydrogen) atoms. The number of ether oxygens (including phenoxy) is 1. The number of hydrogen-bond donors (Lipinski definition) is 1. The Hall–Kier alpha value is -3.14. The number of nitrogens with one attached hydrogen (secondary N) is 1. The zero-order valence-electron chi connectivity index (χ0n) is 22.9. The van der Waals surface area contributed by atoms with Crippen LogP contribution in [-0.4, -0.2) is 75.2 Å². The summed E-state index contributed by atoms with van der Waals surface area (Å²) in [6, 6.07) is 5.46. The molecule has 3 aliphatic rings. The number of fused-ring (bicyclic) bond motifs is 1. The van der Waals surface area contributed by atoms with E-state index in [1.165, 1.54) is 10.1 Å². The predicted octanol–water partition coefficient (Wildman–Crippen LogP) is 2.75. The average Bonchev–Trinajstić information content (AvgIpc) is 3.42. The van der Waals surface area contributed by atoms with Crippen molar-refractivity contribution >= 4 is 28.9 Å². The topological polar surface area (TPSA) is 106 Å². The highest BCUT2D eigenvalue weighted by atomic mass is 16.6. The number of benzene rings is 1. The van der Waals surface area contributed by atoms with Gasteiger partial charge in [0, 0.05) is 33.1 Å². The third kappa shape index (κ3) is 5.36. The second-order valence-electron chi connectivity index (χ2n) is 12.1. The summed E-state index contributed by atoms with van der Waals surface area (Å²) < 4.78 is 8.67. The molecule has 1 aromatic carbocycles. The number of likely N-dealkylation sites (tertiary alicyclic amines) is 2. The Labute approximate surface area is 222 Å². The van der Waals surface area contributed by atoms with Gasteiger partial charge in [-0.25, -0.2) is 9.59 Å². The Morgan fingerprint density at radius 3 is 2.45 bits per heavy atom. The van der Waals surface area contributed by atoms with Crippen molar-refractivity contribution in [3.8, 4) is 0 Å². The number of carbonyl (C=O) groups is 3. The lowest BCUT2D eigenvalue weighted by Gasteiger charge is -2.33. The summed E-state index contributed by atoms with van der Waals surface area (Å²) in [5.41, 5.74) is 2.04. The lowest BCUT2D eigenvalue weighted by molar-refractivity contribution is -0.135. The summed E-state index contributed by atoms with van der Waals surface area (Å²) in [7, 11) is 1.74. The van der Waals surface area contributed by atoms with E-state index >= 15 is 0 Å². The number of amides is 3. The minimum atomic E-state index is -0.667.